The summed E-state index contributed by atoms with van der Waals surface area (Å²) in [5.74, 6) is 0. The van der Waals surface area contributed by atoms with Crippen LogP contribution in [0.3, 0.4) is 0 Å². The molecule has 0 amide bonds. The Morgan fingerprint density at radius 3 is 1.86 bits per heavy atom. The Hall–Kier alpha value is 0.797. The van der Waals surface area contributed by atoms with Gasteiger partial charge in [-0.05, 0) is 5.54 Å². The Labute approximate surface area is 54.8 Å². The second-order valence-corrected chi connectivity index (χ2v) is 7.13. The largest absolute Gasteiger partial charge is 0.240 e. The van der Waals surface area contributed by atoms with Crippen LogP contribution in [0.5, 0.6) is 0 Å². The first kappa shape index (κ1) is 5.93. The molecule has 0 unspecified atom stereocenters. The molecule has 1 rings (SSSR count). The molecule has 3 heteroatoms. The molecule has 0 atom stereocenters. The molecule has 42 valence electrons. The minimum absolute atomic E-state index is 0.753. The minimum Gasteiger partial charge on any atom is -0.150 e. The summed E-state index contributed by atoms with van der Waals surface area (Å²) in [7, 11) is -1.23. The summed E-state index contributed by atoms with van der Waals surface area (Å²) in [6.45, 7) is 0. The Kier molecular flexibility index (Phi) is 2.01. The average molecular weight is 155 g/mol. The Morgan fingerprint density at radius 1 is 1.29 bits per heavy atom. The van der Waals surface area contributed by atoms with E-state index in [0.717, 1.165) is 5.54 Å². The molecule has 1 saturated carbocycles. The predicted molar refractivity (Wildman–Crippen MR) is 36.5 cm³/mol. The highest BCUT2D eigenvalue weighted by atomic mass is 35.7. The van der Waals surface area contributed by atoms with Gasteiger partial charge in [0, 0.05) is 0 Å². The van der Waals surface area contributed by atoms with Crippen molar-refractivity contribution in [2.45, 2.75) is 24.8 Å². The fourth-order valence-electron chi connectivity index (χ4n) is 0.692. The highest BCUT2D eigenvalue weighted by Crippen LogP contribution is 2.37. The molecule has 0 N–H and O–H groups in total. The third-order valence-electron chi connectivity index (χ3n) is 1.51. The molecule has 0 bridgehead atoms. The van der Waals surface area contributed by atoms with Crippen molar-refractivity contribution >= 4 is 29.6 Å². The van der Waals surface area contributed by atoms with Crippen molar-refractivity contribution in [1.29, 1.82) is 0 Å². The first-order chi connectivity index (χ1) is 3.30. The lowest BCUT2D eigenvalue weighted by atomic mass is 10.00. The topological polar surface area (TPSA) is 0 Å². The van der Waals surface area contributed by atoms with Crippen molar-refractivity contribution < 1.29 is 0 Å². The van der Waals surface area contributed by atoms with Crippen molar-refractivity contribution in [1.82, 2.24) is 0 Å². The van der Waals surface area contributed by atoms with E-state index < -0.39 is 7.42 Å². The summed E-state index contributed by atoms with van der Waals surface area (Å²) in [6, 6.07) is 0. The monoisotopic (exact) mass is 154 g/mol. The number of halogens is 2. The molecule has 0 saturated heterocycles. The van der Waals surface area contributed by atoms with Crippen LogP contribution in [0.25, 0.3) is 0 Å². The van der Waals surface area contributed by atoms with E-state index in [0.29, 0.717) is 0 Å². The Morgan fingerprint density at radius 2 is 1.86 bits per heavy atom. The number of hydrogen-bond donors (Lipinski definition) is 0. The van der Waals surface area contributed by atoms with Crippen LogP contribution in [-0.4, -0.2) is 7.42 Å². The zero-order valence-corrected chi connectivity index (χ0v) is 6.70. The molecule has 0 aromatic heterocycles. The fraction of sp³-hybridized carbons (Fsp3) is 1.00. The molecule has 1 fully saturated rings. The van der Waals surface area contributed by atoms with Gasteiger partial charge in [-0.1, -0.05) is 19.3 Å². The van der Waals surface area contributed by atoms with Gasteiger partial charge in [-0.2, -0.15) is 22.2 Å². The van der Waals surface area contributed by atoms with Gasteiger partial charge in [-0.25, -0.2) is 0 Å². The van der Waals surface area contributed by atoms with Gasteiger partial charge in [0.15, 0.2) is 0 Å². The van der Waals surface area contributed by atoms with Gasteiger partial charge < -0.3 is 0 Å². The molecule has 0 heterocycles. The summed E-state index contributed by atoms with van der Waals surface area (Å²) in [6.07, 6.45) is 3.95. The smallest absolute Gasteiger partial charge is 0.150 e. The first-order valence-corrected chi connectivity index (χ1v) is 6.74. The van der Waals surface area contributed by atoms with Gasteiger partial charge in [0.25, 0.3) is 0 Å². The van der Waals surface area contributed by atoms with Crippen LogP contribution in [0, 0.1) is 0 Å². The third-order valence-corrected chi connectivity index (χ3v) is 5.02. The van der Waals surface area contributed by atoms with Crippen LogP contribution in [0.1, 0.15) is 19.3 Å². The third kappa shape index (κ3) is 1.34. The molecule has 0 radical (unpaired) electrons. The van der Waals surface area contributed by atoms with Gasteiger partial charge >= 0.3 is 0 Å². The van der Waals surface area contributed by atoms with Crippen LogP contribution in [-0.2, 0) is 0 Å². The molecule has 7 heavy (non-hydrogen) atoms. The van der Waals surface area contributed by atoms with E-state index in [4.69, 9.17) is 22.2 Å². The Bertz CT molecular complexity index is 60.7. The maximum Gasteiger partial charge on any atom is 0.240 e. The predicted octanol–water partition coefficient (Wildman–Crippen LogP) is 2.24. The standard InChI is InChI=1S/C4H8Cl2Si/c5-7(6)4-2-1-3-4/h4,7H,1-3H2. The van der Waals surface area contributed by atoms with E-state index in [1.165, 1.54) is 19.3 Å². The fourth-order valence-corrected chi connectivity index (χ4v) is 3.18. The molecular formula is C4H8Cl2Si. The summed E-state index contributed by atoms with van der Waals surface area (Å²) in [4.78, 5) is 0. The van der Waals surface area contributed by atoms with Gasteiger partial charge in [0.2, 0.25) is 7.42 Å². The average Bonchev–Trinajstić information content (AvgIpc) is 1.23. The zero-order chi connectivity index (χ0) is 5.28. The lowest BCUT2D eigenvalue weighted by molar-refractivity contribution is 0.500. The minimum atomic E-state index is -1.23. The molecule has 0 spiro atoms. The molecular weight excluding hydrogens is 147 g/mol. The summed E-state index contributed by atoms with van der Waals surface area (Å²) < 4.78 is 0. The highest BCUT2D eigenvalue weighted by Gasteiger charge is 2.25. The highest BCUT2D eigenvalue weighted by molar-refractivity contribution is 7.34. The van der Waals surface area contributed by atoms with Crippen molar-refractivity contribution in [3.63, 3.8) is 0 Å². The van der Waals surface area contributed by atoms with Gasteiger partial charge in [0.1, 0.15) is 0 Å². The van der Waals surface area contributed by atoms with E-state index in [9.17, 15) is 0 Å². The number of rotatable bonds is 1. The van der Waals surface area contributed by atoms with Crippen molar-refractivity contribution in [2.24, 2.45) is 0 Å². The normalized spacial score (nSPS) is 22.7. The molecule has 1 aliphatic carbocycles. The van der Waals surface area contributed by atoms with Crippen LogP contribution in [0.2, 0.25) is 5.54 Å². The van der Waals surface area contributed by atoms with Crippen LogP contribution in [0.4, 0.5) is 0 Å². The maximum atomic E-state index is 5.68. The molecule has 0 nitrogen and oxygen atoms in total. The zero-order valence-electron chi connectivity index (χ0n) is 4.03. The summed E-state index contributed by atoms with van der Waals surface area (Å²) >= 11 is 11.4. The second-order valence-electron chi connectivity index (χ2n) is 2.03. The van der Waals surface area contributed by atoms with Gasteiger partial charge in [-0.3, -0.25) is 0 Å². The van der Waals surface area contributed by atoms with Gasteiger partial charge in [-0.15, -0.1) is 0 Å². The van der Waals surface area contributed by atoms with Crippen molar-refractivity contribution in [2.75, 3.05) is 0 Å². The molecule has 0 aliphatic heterocycles. The lowest BCUT2D eigenvalue weighted by Crippen LogP contribution is -2.14. The van der Waals surface area contributed by atoms with Crippen LogP contribution >= 0.6 is 22.2 Å². The molecule has 1 aliphatic rings. The maximum absolute atomic E-state index is 5.68. The second kappa shape index (κ2) is 2.38. The van der Waals surface area contributed by atoms with Crippen molar-refractivity contribution in [3.05, 3.63) is 0 Å². The van der Waals surface area contributed by atoms with E-state index in [2.05, 4.69) is 0 Å². The van der Waals surface area contributed by atoms with E-state index >= 15 is 0 Å². The molecule has 0 aromatic carbocycles. The van der Waals surface area contributed by atoms with E-state index in [1.54, 1.807) is 0 Å². The first-order valence-electron chi connectivity index (χ1n) is 2.59. The van der Waals surface area contributed by atoms with Gasteiger partial charge in [0.05, 0.1) is 0 Å². The number of hydrogen-bond acceptors (Lipinski definition) is 0. The Balaban J connectivity index is 2.14. The van der Waals surface area contributed by atoms with Crippen LogP contribution in [0.15, 0.2) is 0 Å². The van der Waals surface area contributed by atoms with E-state index in [1.807, 2.05) is 0 Å². The molecule has 0 aromatic rings. The summed E-state index contributed by atoms with van der Waals surface area (Å²) in [5.41, 5.74) is 0.753. The lowest BCUT2D eigenvalue weighted by Gasteiger charge is -2.24. The van der Waals surface area contributed by atoms with E-state index in [-0.39, 0.29) is 0 Å². The quantitative estimate of drug-likeness (QED) is 0.402. The SMILES string of the molecule is Cl[SiH](Cl)C1CCC1. The van der Waals surface area contributed by atoms with Crippen LogP contribution < -0.4 is 0 Å². The summed E-state index contributed by atoms with van der Waals surface area (Å²) in [5, 5.41) is 0. The van der Waals surface area contributed by atoms with Crippen molar-refractivity contribution in [3.8, 4) is 0 Å².